The third-order valence-corrected chi connectivity index (χ3v) is 8.43. The number of anilines is 2. The lowest BCUT2D eigenvalue weighted by atomic mass is 10.2. The van der Waals surface area contributed by atoms with Gasteiger partial charge in [-0.3, -0.25) is 44.4 Å². The van der Waals surface area contributed by atoms with Gasteiger partial charge in [0.25, 0.3) is 5.24 Å². The van der Waals surface area contributed by atoms with Crippen molar-refractivity contribution in [2.24, 2.45) is 0 Å². The minimum atomic E-state index is -0.562. The van der Waals surface area contributed by atoms with E-state index in [1.807, 2.05) is 0 Å². The lowest BCUT2D eigenvalue weighted by molar-refractivity contribution is -0.166. The third-order valence-electron chi connectivity index (χ3n) is 7.72. The molecule has 1 aromatic carbocycles. The molecular formula is C34H56N8O9S2. The van der Waals surface area contributed by atoms with Crippen LogP contribution in [-0.2, 0) is 24.0 Å². The van der Waals surface area contributed by atoms with Gasteiger partial charge in [0.1, 0.15) is 0 Å². The number of rotatable bonds is 26. The fraction of sp³-hybridized carbons (Fsp3) is 0.618. The van der Waals surface area contributed by atoms with Crippen LogP contribution in [0.5, 0.6) is 0 Å². The summed E-state index contributed by atoms with van der Waals surface area (Å²) in [7, 11) is 0. The van der Waals surface area contributed by atoms with Crippen molar-refractivity contribution < 1.29 is 44.4 Å². The molecule has 0 aliphatic carbocycles. The van der Waals surface area contributed by atoms with Crippen LogP contribution in [0, 0.1) is 0 Å². The second-order valence-corrected chi connectivity index (χ2v) is 13.3. The summed E-state index contributed by atoms with van der Waals surface area (Å²) in [5, 5.41) is 45.8. The Hall–Kier alpha value is -4.04. The van der Waals surface area contributed by atoms with Gasteiger partial charge in [0.2, 0.25) is 29.5 Å². The molecule has 1 aromatic rings. The number of carbonyl (C=O) groups excluding carboxylic acids is 6. The molecule has 0 unspecified atom stereocenters. The Labute approximate surface area is 320 Å². The first kappa shape index (κ1) is 47.0. The van der Waals surface area contributed by atoms with Crippen LogP contribution < -0.4 is 26.6 Å². The molecule has 0 fully saturated rings. The van der Waals surface area contributed by atoms with Gasteiger partial charge in [-0.1, -0.05) is 11.8 Å². The van der Waals surface area contributed by atoms with E-state index in [1.54, 1.807) is 30.5 Å². The third kappa shape index (κ3) is 24.0. The molecule has 0 atom stereocenters. The molecule has 0 aromatic heterocycles. The lowest BCUT2D eigenvalue weighted by Gasteiger charge is -2.15. The standard InChI is InChI=1S/C34H56N8O9S2/c1-26(43)40(49)23-9-3-6-20-35-29(44)16-18-31(46)41(50)24-10-4-7-21-36-30(45)17-19-32(47)42(51)25-11-5-8-22-37-33(52)38-27-12-14-28(15-13-27)39-34(48)53-2/h12-15,49-51H,3-11,16-25H2,1-2H3,(H,35,44)(H,36,45)(H,39,48)(H2,37,38,52). The number of benzene rings is 1. The van der Waals surface area contributed by atoms with E-state index in [0.717, 1.165) is 30.3 Å². The molecule has 0 aliphatic heterocycles. The quantitative estimate of drug-likeness (QED) is 0.0289. The Morgan fingerprint density at radius 1 is 0.585 bits per heavy atom. The monoisotopic (exact) mass is 784 g/mol. The van der Waals surface area contributed by atoms with Crippen LogP contribution in [0.3, 0.4) is 0 Å². The predicted molar refractivity (Wildman–Crippen MR) is 205 cm³/mol. The summed E-state index contributed by atoms with van der Waals surface area (Å²) in [6.07, 6.45) is 7.09. The molecule has 19 heteroatoms. The first-order valence-electron chi connectivity index (χ1n) is 17.8. The second kappa shape index (κ2) is 28.5. The van der Waals surface area contributed by atoms with Crippen LogP contribution in [0.2, 0.25) is 0 Å². The zero-order valence-corrected chi connectivity index (χ0v) is 32.3. The maximum absolute atomic E-state index is 12.2. The summed E-state index contributed by atoms with van der Waals surface area (Å²) in [6, 6.07) is 7.14. The Kier molecular flexibility index (Phi) is 25.2. The van der Waals surface area contributed by atoms with Crippen molar-refractivity contribution in [2.45, 2.75) is 90.4 Å². The van der Waals surface area contributed by atoms with Gasteiger partial charge in [-0.05, 0) is 101 Å². The van der Waals surface area contributed by atoms with Crippen LogP contribution in [0.1, 0.15) is 90.4 Å². The van der Waals surface area contributed by atoms with Crippen LogP contribution in [-0.4, -0.2) is 116 Å². The molecule has 53 heavy (non-hydrogen) atoms. The molecule has 0 heterocycles. The number of hydroxylamine groups is 6. The first-order valence-corrected chi connectivity index (χ1v) is 19.4. The molecule has 0 spiro atoms. The maximum Gasteiger partial charge on any atom is 0.283 e. The fourth-order valence-electron chi connectivity index (χ4n) is 4.61. The number of hydrogen-bond donors (Lipinski definition) is 8. The average molecular weight is 785 g/mol. The molecule has 0 saturated carbocycles. The summed E-state index contributed by atoms with van der Waals surface area (Å²) in [6.45, 7) is 3.11. The number of nitrogens with one attached hydrogen (secondary N) is 5. The lowest BCUT2D eigenvalue weighted by Crippen LogP contribution is -2.31. The van der Waals surface area contributed by atoms with Crippen molar-refractivity contribution in [1.82, 2.24) is 31.1 Å². The van der Waals surface area contributed by atoms with Gasteiger partial charge in [-0.2, -0.15) is 0 Å². The molecule has 298 valence electrons. The molecule has 8 N–H and O–H groups in total. The Morgan fingerprint density at radius 3 is 1.40 bits per heavy atom. The van der Waals surface area contributed by atoms with E-state index in [-0.39, 0.29) is 62.4 Å². The minimum Gasteiger partial charge on any atom is -0.362 e. The van der Waals surface area contributed by atoms with Gasteiger partial charge in [-0.25, -0.2) is 15.2 Å². The second-order valence-electron chi connectivity index (χ2n) is 12.1. The molecule has 6 amide bonds. The highest BCUT2D eigenvalue weighted by atomic mass is 32.2. The topological polar surface area (TPSA) is 233 Å². The number of unbranched alkanes of at least 4 members (excludes halogenated alkanes) is 6. The van der Waals surface area contributed by atoms with Crippen molar-refractivity contribution in [1.29, 1.82) is 0 Å². The minimum absolute atomic E-state index is 0.0552. The summed E-state index contributed by atoms with van der Waals surface area (Å²) in [5.74, 6) is -2.15. The molecular weight excluding hydrogens is 729 g/mol. The summed E-state index contributed by atoms with van der Waals surface area (Å²) in [5.41, 5.74) is 1.46. The van der Waals surface area contributed by atoms with Crippen LogP contribution in [0.4, 0.5) is 16.2 Å². The number of thioether (sulfide) groups is 1. The van der Waals surface area contributed by atoms with Gasteiger partial charge in [-0.15, -0.1) is 0 Å². The molecule has 0 radical (unpaired) electrons. The highest BCUT2D eigenvalue weighted by Crippen LogP contribution is 2.15. The summed E-state index contributed by atoms with van der Waals surface area (Å²) in [4.78, 5) is 70.7. The van der Waals surface area contributed by atoms with Crippen molar-refractivity contribution in [3.05, 3.63) is 24.3 Å². The van der Waals surface area contributed by atoms with Gasteiger partial charge in [0, 0.05) is 83.3 Å². The van der Waals surface area contributed by atoms with Gasteiger partial charge < -0.3 is 26.6 Å². The first-order chi connectivity index (χ1) is 25.3. The average Bonchev–Trinajstić information content (AvgIpc) is 3.13. The molecule has 0 bridgehead atoms. The summed E-state index contributed by atoms with van der Waals surface area (Å²) < 4.78 is 0. The van der Waals surface area contributed by atoms with Gasteiger partial charge in [0.05, 0.1) is 0 Å². The molecule has 0 aliphatic rings. The van der Waals surface area contributed by atoms with E-state index < -0.39 is 17.7 Å². The smallest absolute Gasteiger partial charge is 0.283 e. The Bertz CT molecular complexity index is 1310. The van der Waals surface area contributed by atoms with E-state index >= 15 is 0 Å². The Balaban J connectivity index is 2.02. The number of nitrogens with zero attached hydrogens (tertiary/aromatic N) is 3. The number of carbonyl (C=O) groups is 6. The van der Waals surface area contributed by atoms with Gasteiger partial charge in [0.15, 0.2) is 5.11 Å². The zero-order chi connectivity index (χ0) is 39.4. The van der Waals surface area contributed by atoms with E-state index in [9.17, 15) is 44.4 Å². The van der Waals surface area contributed by atoms with Crippen molar-refractivity contribution in [3.8, 4) is 0 Å². The highest BCUT2D eigenvalue weighted by molar-refractivity contribution is 8.13. The van der Waals surface area contributed by atoms with Crippen LogP contribution in [0.25, 0.3) is 0 Å². The SMILES string of the molecule is CSC(=O)Nc1ccc(NC(=S)NCCCCCN(O)C(=O)CCC(=O)NCCCCCN(O)C(=O)CCC(=O)NCCCCCN(O)C(C)=O)cc1. The van der Waals surface area contributed by atoms with Gasteiger partial charge >= 0.3 is 0 Å². The van der Waals surface area contributed by atoms with Crippen molar-refractivity contribution >= 4 is 75.2 Å². The Morgan fingerprint density at radius 2 is 0.981 bits per heavy atom. The van der Waals surface area contributed by atoms with E-state index in [0.29, 0.717) is 90.6 Å². The van der Waals surface area contributed by atoms with Crippen LogP contribution >= 0.6 is 24.0 Å². The normalized spacial score (nSPS) is 10.5. The molecule has 1 rings (SSSR count). The van der Waals surface area contributed by atoms with E-state index in [1.165, 1.54) is 6.92 Å². The summed E-state index contributed by atoms with van der Waals surface area (Å²) >= 11 is 6.39. The van der Waals surface area contributed by atoms with Crippen molar-refractivity contribution in [2.75, 3.05) is 56.2 Å². The zero-order valence-electron chi connectivity index (χ0n) is 30.7. The van der Waals surface area contributed by atoms with Crippen molar-refractivity contribution in [3.63, 3.8) is 0 Å². The highest BCUT2D eigenvalue weighted by Gasteiger charge is 2.14. The largest absolute Gasteiger partial charge is 0.362 e. The maximum atomic E-state index is 12.2. The molecule has 17 nitrogen and oxygen atoms in total. The number of thiocarbonyl (C=S) groups is 1. The number of hydrogen-bond acceptors (Lipinski definition) is 11. The fourth-order valence-corrected chi connectivity index (χ4v) is 5.05. The van der Waals surface area contributed by atoms with E-state index in [4.69, 9.17) is 12.2 Å². The number of amides is 6. The van der Waals surface area contributed by atoms with E-state index in [2.05, 4.69) is 26.6 Å². The predicted octanol–water partition coefficient (Wildman–Crippen LogP) is 3.84. The van der Waals surface area contributed by atoms with Crippen LogP contribution in [0.15, 0.2) is 24.3 Å². The molecule has 0 saturated heterocycles.